The van der Waals surface area contributed by atoms with E-state index in [2.05, 4.69) is 5.32 Å². The van der Waals surface area contributed by atoms with Gasteiger partial charge in [-0.15, -0.1) is 0 Å². The van der Waals surface area contributed by atoms with E-state index in [1.54, 1.807) is 37.4 Å². The summed E-state index contributed by atoms with van der Waals surface area (Å²) in [6.07, 6.45) is 0. The van der Waals surface area contributed by atoms with Gasteiger partial charge in [-0.2, -0.15) is 0 Å². The van der Waals surface area contributed by atoms with E-state index in [9.17, 15) is 4.79 Å². The van der Waals surface area contributed by atoms with Gasteiger partial charge in [0.05, 0.1) is 13.7 Å². The molecule has 1 amide bonds. The third-order valence-corrected chi connectivity index (χ3v) is 3.34. The van der Waals surface area contributed by atoms with E-state index in [0.29, 0.717) is 35.2 Å². The van der Waals surface area contributed by atoms with Crippen molar-refractivity contribution in [2.75, 3.05) is 13.7 Å². The van der Waals surface area contributed by atoms with Gasteiger partial charge in [-0.1, -0.05) is 23.7 Å². The molecule has 4 nitrogen and oxygen atoms in total. The third-order valence-electron chi connectivity index (χ3n) is 3.09. The van der Waals surface area contributed by atoms with Gasteiger partial charge < -0.3 is 14.8 Å². The zero-order valence-electron chi connectivity index (χ0n) is 12.6. The van der Waals surface area contributed by atoms with Gasteiger partial charge in [0, 0.05) is 17.1 Å². The molecule has 2 rings (SSSR count). The van der Waals surface area contributed by atoms with Gasteiger partial charge in [-0.3, -0.25) is 4.79 Å². The van der Waals surface area contributed by atoms with Gasteiger partial charge in [0.15, 0.2) is 11.5 Å². The zero-order valence-corrected chi connectivity index (χ0v) is 13.3. The van der Waals surface area contributed by atoms with Crippen molar-refractivity contribution in [1.29, 1.82) is 0 Å². The number of carbonyl (C=O) groups is 1. The Kier molecular flexibility index (Phi) is 5.67. The van der Waals surface area contributed by atoms with Crippen molar-refractivity contribution in [1.82, 2.24) is 5.32 Å². The Hall–Kier alpha value is -2.20. The molecule has 0 aliphatic rings. The lowest BCUT2D eigenvalue weighted by molar-refractivity contribution is 0.0950. The summed E-state index contributed by atoms with van der Waals surface area (Å²) >= 11 is 5.83. The van der Waals surface area contributed by atoms with Gasteiger partial charge in [0.25, 0.3) is 5.91 Å². The second-order valence-corrected chi connectivity index (χ2v) is 5.04. The molecule has 0 saturated heterocycles. The molecule has 0 aromatic heterocycles. The van der Waals surface area contributed by atoms with E-state index in [1.165, 1.54) is 0 Å². The molecular formula is C17H18ClNO3. The number of ether oxygens (including phenoxy) is 2. The van der Waals surface area contributed by atoms with Crippen molar-refractivity contribution in [3.63, 3.8) is 0 Å². The summed E-state index contributed by atoms with van der Waals surface area (Å²) < 4.78 is 10.7. The number of nitrogens with one attached hydrogen (secondary N) is 1. The first-order chi connectivity index (χ1) is 10.6. The number of amides is 1. The number of rotatable bonds is 6. The van der Waals surface area contributed by atoms with Crippen LogP contribution in [0.5, 0.6) is 11.5 Å². The number of hydrogen-bond donors (Lipinski definition) is 1. The molecule has 5 heteroatoms. The van der Waals surface area contributed by atoms with Crippen molar-refractivity contribution in [2.24, 2.45) is 0 Å². The fourth-order valence-electron chi connectivity index (χ4n) is 1.97. The highest BCUT2D eigenvalue weighted by molar-refractivity contribution is 6.30. The average molecular weight is 320 g/mol. The largest absolute Gasteiger partial charge is 0.493 e. The minimum absolute atomic E-state index is 0.170. The summed E-state index contributed by atoms with van der Waals surface area (Å²) in [6, 6.07) is 12.5. The maximum Gasteiger partial charge on any atom is 0.251 e. The lowest BCUT2D eigenvalue weighted by atomic mass is 10.1. The second-order valence-electron chi connectivity index (χ2n) is 4.61. The SMILES string of the molecule is CCOc1ccc(C(=O)NCc2ccc(Cl)cc2)cc1OC. The summed E-state index contributed by atoms with van der Waals surface area (Å²) in [5.74, 6) is 0.997. The predicted octanol–water partition coefficient (Wildman–Crippen LogP) is 3.68. The fourth-order valence-corrected chi connectivity index (χ4v) is 2.10. The van der Waals surface area contributed by atoms with Gasteiger partial charge in [-0.05, 0) is 42.8 Å². The lowest BCUT2D eigenvalue weighted by Crippen LogP contribution is -2.22. The van der Waals surface area contributed by atoms with Crippen molar-refractivity contribution >= 4 is 17.5 Å². The number of carbonyl (C=O) groups excluding carboxylic acids is 1. The number of hydrogen-bond acceptors (Lipinski definition) is 3. The van der Waals surface area contributed by atoms with E-state index in [-0.39, 0.29) is 5.91 Å². The first kappa shape index (κ1) is 16.2. The first-order valence-corrected chi connectivity index (χ1v) is 7.35. The molecule has 116 valence electrons. The molecule has 1 N–H and O–H groups in total. The van der Waals surface area contributed by atoms with Gasteiger partial charge in [-0.25, -0.2) is 0 Å². The quantitative estimate of drug-likeness (QED) is 0.883. The average Bonchev–Trinajstić information content (AvgIpc) is 2.54. The van der Waals surface area contributed by atoms with Crippen LogP contribution in [0, 0.1) is 0 Å². The number of halogens is 1. The number of methoxy groups -OCH3 is 1. The van der Waals surface area contributed by atoms with Crippen molar-refractivity contribution in [3.05, 3.63) is 58.6 Å². The molecule has 0 fully saturated rings. The van der Waals surface area contributed by atoms with Crippen LogP contribution in [0.3, 0.4) is 0 Å². The molecule has 0 atom stereocenters. The van der Waals surface area contributed by atoms with Crippen LogP contribution in [-0.2, 0) is 6.54 Å². The van der Waals surface area contributed by atoms with Crippen LogP contribution >= 0.6 is 11.6 Å². The standard InChI is InChI=1S/C17H18ClNO3/c1-3-22-15-9-6-13(10-16(15)21-2)17(20)19-11-12-4-7-14(18)8-5-12/h4-10H,3,11H2,1-2H3,(H,19,20). The smallest absolute Gasteiger partial charge is 0.251 e. The Morgan fingerprint density at radius 1 is 1.14 bits per heavy atom. The topological polar surface area (TPSA) is 47.6 Å². The highest BCUT2D eigenvalue weighted by Crippen LogP contribution is 2.28. The molecule has 0 saturated carbocycles. The van der Waals surface area contributed by atoms with Gasteiger partial charge >= 0.3 is 0 Å². The third kappa shape index (κ3) is 4.15. The molecule has 0 radical (unpaired) electrons. The summed E-state index contributed by atoms with van der Waals surface area (Å²) in [7, 11) is 1.55. The molecule has 2 aromatic rings. The van der Waals surface area contributed by atoms with Crippen molar-refractivity contribution in [2.45, 2.75) is 13.5 Å². The van der Waals surface area contributed by atoms with Gasteiger partial charge in [0.1, 0.15) is 0 Å². The molecule has 0 spiro atoms. The normalized spacial score (nSPS) is 10.1. The Balaban J connectivity index is 2.04. The summed E-state index contributed by atoms with van der Waals surface area (Å²) in [6.45, 7) is 2.87. The van der Waals surface area contributed by atoms with E-state index in [0.717, 1.165) is 5.56 Å². The Morgan fingerprint density at radius 3 is 2.50 bits per heavy atom. The van der Waals surface area contributed by atoms with Crippen LogP contribution in [0.2, 0.25) is 5.02 Å². The monoisotopic (exact) mass is 319 g/mol. The predicted molar refractivity (Wildman–Crippen MR) is 86.8 cm³/mol. The molecule has 2 aromatic carbocycles. The highest BCUT2D eigenvalue weighted by Gasteiger charge is 2.10. The van der Waals surface area contributed by atoms with Crippen LogP contribution in [-0.4, -0.2) is 19.6 Å². The number of benzene rings is 2. The maximum atomic E-state index is 12.2. The first-order valence-electron chi connectivity index (χ1n) is 6.97. The van der Waals surface area contributed by atoms with Crippen LogP contribution in [0.15, 0.2) is 42.5 Å². The summed E-state index contributed by atoms with van der Waals surface area (Å²) in [5.41, 5.74) is 1.50. The molecule has 22 heavy (non-hydrogen) atoms. The van der Waals surface area contributed by atoms with Crippen LogP contribution < -0.4 is 14.8 Å². The van der Waals surface area contributed by atoms with Crippen molar-refractivity contribution < 1.29 is 14.3 Å². The summed E-state index contributed by atoms with van der Waals surface area (Å²) in [4.78, 5) is 12.2. The molecule has 0 aliphatic heterocycles. The second kappa shape index (κ2) is 7.71. The molecule has 0 bridgehead atoms. The van der Waals surface area contributed by atoms with E-state index in [4.69, 9.17) is 21.1 Å². The Labute approximate surface area is 135 Å². The summed E-state index contributed by atoms with van der Waals surface area (Å²) in [5, 5.41) is 3.53. The molecule has 0 heterocycles. The van der Waals surface area contributed by atoms with E-state index in [1.807, 2.05) is 19.1 Å². The minimum Gasteiger partial charge on any atom is -0.493 e. The Bertz CT molecular complexity index is 641. The van der Waals surface area contributed by atoms with E-state index < -0.39 is 0 Å². The zero-order chi connectivity index (χ0) is 15.9. The van der Waals surface area contributed by atoms with Crippen LogP contribution in [0.4, 0.5) is 0 Å². The van der Waals surface area contributed by atoms with Gasteiger partial charge in [0.2, 0.25) is 0 Å². The highest BCUT2D eigenvalue weighted by atomic mass is 35.5. The molecule has 0 aliphatic carbocycles. The van der Waals surface area contributed by atoms with Crippen LogP contribution in [0.25, 0.3) is 0 Å². The van der Waals surface area contributed by atoms with E-state index >= 15 is 0 Å². The molecule has 0 unspecified atom stereocenters. The van der Waals surface area contributed by atoms with Crippen molar-refractivity contribution in [3.8, 4) is 11.5 Å². The minimum atomic E-state index is -0.170. The van der Waals surface area contributed by atoms with Crippen LogP contribution in [0.1, 0.15) is 22.8 Å². The molecular weight excluding hydrogens is 302 g/mol. The Morgan fingerprint density at radius 2 is 1.86 bits per heavy atom. The lowest BCUT2D eigenvalue weighted by Gasteiger charge is -2.11. The maximum absolute atomic E-state index is 12.2. The fraction of sp³-hybridized carbons (Fsp3) is 0.235.